The topological polar surface area (TPSA) is 86.8 Å². The Morgan fingerprint density at radius 3 is 2.22 bits per heavy atom. The van der Waals surface area contributed by atoms with Gasteiger partial charge in [-0.15, -0.1) is 11.3 Å². The molecule has 0 aliphatic carbocycles. The largest absolute Gasteiger partial charge is 0.497 e. The molecule has 7 nitrogen and oxygen atoms in total. The van der Waals surface area contributed by atoms with Crippen LogP contribution in [0.1, 0.15) is 39.2 Å². The van der Waals surface area contributed by atoms with E-state index in [1.54, 1.807) is 21.0 Å². The third kappa shape index (κ3) is 5.29. The van der Waals surface area contributed by atoms with Gasteiger partial charge in [0.2, 0.25) is 0 Å². The SMILES string of the molecule is CCOC(=O)C1=C(C)NC(C)=C(C(=O)OCC)C1c1ccccc1-c1nc(-c2cccc(OC)c2)cs1. The van der Waals surface area contributed by atoms with Crippen molar-refractivity contribution in [2.24, 2.45) is 0 Å². The van der Waals surface area contributed by atoms with Gasteiger partial charge in [0, 0.05) is 27.9 Å². The molecule has 2 heterocycles. The van der Waals surface area contributed by atoms with Gasteiger partial charge in [-0.25, -0.2) is 14.6 Å². The van der Waals surface area contributed by atoms with E-state index in [2.05, 4.69) is 5.32 Å². The summed E-state index contributed by atoms with van der Waals surface area (Å²) < 4.78 is 16.2. The number of thiazole rings is 1. The zero-order valence-electron chi connectivity index (χ0n) is 21.6. The van der Waals surface area contributed by atoms with Crippen molar-refractivity contribution < 1.29 is 23.8 Å². The zero-order chi connectivity index (χ0) is 26.5. The number of methoxy groups -OCH3 is 1. The summed E-state index contributed by atoms with van der Waals surface area (Å²) >= 11 is 1.50. The number of hydrogen-bond donors (Lipinski definition) is 1. The summed E-state index contributed by atoms with van der Waals surface area (Å²) in [5, 5.41) is 5.95. The lowest BCUT2D eigenvalue weighted by molar-refractivity contribution is -0.139. The molecule has 3 aromatic rings. The highest BCUT2D eigenvalue weighted by Crippen LogP contribution is 2.44. The number of allylic oxidation sites excluding steroid dienone is 2. The average molecular weight is 519 g/mol. The van der Waals surface area contributed by atoms with Crippen LogP contribution in [0.3, 0.4) is 0 Å². The number of aromatic nitrogens is 1. The maximum absolute atomic E-state index is 13.2. The van der Waals surface area contributed by atoms with Gasteiger partial charge in [-0.05, 0) is 45.4 Å². The maximum atomic E-state index is 13.2. The summed E-state index contributed by atoms with van der Waals surface area (Å²) in [5.74, 6) is -0.878. The molecular formula is C29H30N2O5S. The van der Waals surface area contributed by atoms with E-state index in [4.69, 9.17) is 19.2 Å². The first-order valence-corrected chi connectivity index (χ1v) is 13.0. The lowest BCUT2D eigenvalue weighted by Gasteiger charge is -2.31. The quantitative estimate of drug-likeness (QED) is 0.375. The fraction of sp³-hybridized carbons (Fsp3) is 0.276. The van der Waals surface area contributed by atoms with E-state index in [1.165, 1.54) is 11.3 Å². The summed E-state index contributed by atoms with van der Waals surface area (Å²) in [7, 11) is 1.63. The summed E-state index contributed by atoms with van der Waals surface area (Å²) in [4.78, 5) is 31.3. The average Bonchev–Trinajstić information content (AvgIpc) is 3.39. The van der Waals surface area contributed by atoms with E-state index < -0.39 is 17.9 Å². The lowest BCUT2D eigenvalue weighted by atomic mass is 9.78. The van der Waals surface area contributed by atoms with Crippen molar-refractivity contribution >= 4 is 23.3 Å². The molecule has 0 unspecified atom stereocenters. The summed E-state index contributed by atoms with van der Waals surface area (Å²) in [6.45, 7) is 7.59. The van der Waals surface area contributed by atoms with Crippen molar-refractivity contribution in [1.82, 2.24) is 10.3 Å². The first-order valence-electron chi connectivity index (χ1n) is 12.1. The molecule has 0 fully saturated rings. The molecule has 8 heteroatoms. The highest BCUT2D eigenvalue weighted by molar-refractivity contribution is 7.13. The van der Waals surface area contributed by atoms with Crippen molar-refractivity contribution in [1.29, 1.82) is 0 Å². The highest BCUT2D eigenvalue weighted by Gasteiger charge is 2.39. The van der Waals surface area contributed by atoms with Gasteiger partial charge in [0.05, 0.1) is 43.1 Å². The van der Waals surface area contributed by atoms with Gasteiger partial charge < -0.3 is 19.5 Å². The maximum Gasteiger partial charge on any atom is 0.336 e. The molecule has 0 radical (unpaired) electrons. The van der Waals surface area contributed by atoms with Gasteiger partial charge in [0.1, 0.15) is 10.8 Å². The lowest BCUT2D eigenvalue weighted by Crippen LogP contribution is -2.32. The number of carbonyl (C=O) groups is 2. The second kappa shape index (κ2) is 11.4. The van der Waals surface area contributed by atoms with Gasteiger partial charge in [-0.1, -0.05) is 36.4 Å². The Morgan fingerprint density at radius 1 is 0.946 bits per heavy atom. The molecule has 0 saturated carbocycles. The minimum atomic E-state index is -0.681. The van der Waals surface area contributed by atoms with Gasteiger partial charge in [-0.3, -0.25) is 0 Å². The third-order valence-corrected chi connectivity index (χ3v) is 7.00. The van der Waals surface area contributed by atoms with Crippen LogP contribution in [0.25, 0.3) is 21.8 Å². The van der Waals surface area contributed by atoms with Gasteiger partial charge >= 0.3 is 11.9 Å². The van der Waals surface area contributed by atoms with Crippen molar-refractivity contribution in [3.63, 3.8) is 0 Å². The Bertz CT molecular complexity index is 1350. The van der Waals surface area contributed by atoms with Crippen LogP contribution >= 0.6 is 11.3 Å². The number of rotatable bonds is 8. The molecule has 1 aromatic heterocycles. The molecule has 0 atom stereocenters. The van der Waals surface area contributed by atoms with Gasteiger partial charge in [0.15, 0.2) is 0 Å². The first kappa shape index (κ1) is 26.2. The van der Waals surface area contributed by atoms with E-state index in [0.29, 0.717) is 22.5 Å². The number of nitrogens with one attached hydrogen (secondary N) is 1. The Kier molecular flexibility index (Phi) is 8.08. The molecule has 37 heavy (non-hydrogen) atoms. The molecule has 0 amide bonds. The molecule has 1 N–H and O–H groups in total. The molecule has 2 aromatic carbocycles. The molecule has 0 bridgehead atoms. The predicted molar refractivity (Wildman–Crippen MR) is 144 cm³/mol. The number of carbonyl (C=O) groups excluding carboxylic acids is 2. The molecule has 4 rings (SSSR count). The number of nitrogens with zero attached hydrogens (tertiary/aromatic N) is 1. The monoisotopic (exact) mass is 518 g/mol. The van der Waals surface area contributed by atoms with Crippen LogP contribution in [0.5, 0.6) is 5.75 Å². The fourth-order valence-corrected chi connectivity index (χ4v) is 5.40. The fourth-order valence-electron chi connectivity index (χ4n) is 4.52. The Morgan fingerprint density at radius 2 is 1.59 bits per heavy atom. The van der Waals surface area contributed by atoms with Gasteiger partial charge in [0.25, 0.3) is 0 Å². The Hall–Kier alpha value is -3.91. The number of benzene rings is 2. The van der Waals surface area contributed by atoms with Crippen molar-refractivity contribution in [2.45, 2.75) is 33.6 Å². The highest BCUT2D eigenvalue weighted by atomic mass is 32.1. The number of ether oxygens (including phenoxy) is 3. The zero-order valence-corrected chi connectivity index (χ0v) is 22.4. The molecule has 1 aliphatic rings. The minimum absolute atomic E-state index is 0.220. The molecular weight excluding hydrogens is 488 g/mol. The van der Waals surface area contributed by atoms with E-state index in [0.717, 1.165) is 33.1 Å². The summed E-state index contributed by atoms with van der Waals surface area (Å²) in [6.07, 6.45) is 0. The van der Waals surface area contributed by atoms with E-state index >= 15 is 0 Å². The summed E-state index contributed by atoms with van der Waals surface area (Å²) in [6, 6.07) is 15.4. The molecule has 1 aliphatic heterocycles. The molecule has 192 valence electrons. The van der Waals surface area contributed by atoms with E-state index in [9.17, 15) is 9.59 Å². The number of esters is 2. The first-order chi connectivity index (χ1) is 17.9. The number of dihydropyridines is 1. The third-order valence-electron chi connectivity index (χ3n) is 6.12. The van der Waals surface area contributed by atoms with Crippen LogP contribution in [-0.4, -0.2) is 37.2 Å². The Labute approximate surface area is 220 Å². The van der Waals surface area contributed by atoms with Crippen molar-refractivity contribution in [3.8, 4) is 27.6 Å². The van der Waals surface area contributed by atoms with E-state index in [-0.39, 0.29) is 13.2 Å². The second-order valence-electron chi connectivity index (χ2n) is 8.43. The predicted octanol–water partition coefficient (Wildman–Crippen LogP) is 5.85. The Balaban J connectivity index is 1.87. The molecule has 0 saturated heterocycles. The number of hydrogen-bond acceptors (Lipinski definition) is 8. The van der Waals surface area contributed by atoms with Crippen LogP contribution < -0.4 is 10.1 Å². The van der Waals surface area contributed by atoms with Crippen LogP contribution in [0, 0.1) is 0 Å². The summed E-state index contributed by atoms with van der Waals surface area (Å²) in [5.41, 5.74) is 5.40. The van der Waals surface area contributed by atoms with Crippen LogP contribution in [0.4, 0.5) is 0 Å². The minimum Gasteiger partial charge on any atom is -0.497 e. The smallest absolute Gasteiger partial charge is 0.336 e. The van der Waals surface area contributed by atoms with Crippen LogP contribution in [0.15, 0.2) is 76.5 Å². The van der Waals surface area contributed by atoms with Crippen molar-refractivity contribution in [2.75, 3.05) is 20.3 Å². The second-order valence-corrected chi connectivity index (χ2v) is 9.29. The van der Waals surface area contributed by atoms with Crippen LogP contribution in [0.2, 0.25) is 0 Å². The van der Waals surface area contributed by atoms with Crippen LogP contribution in [-0.2, 0) is 19.1 Å². The van der Waals surface area contributed by atoms with E-state index in [1.807, 2.05) is 67.8 Å². The van der Waals surface area contributed by atoms with Crippen molar-refractivity contribution in [3.05, 3.63) is 82.0 Å². The molecule has 0 spiro atoms. The van der Waals surface area contributed by atoms with Gasteiger partial charge in [-0.2, -0.15) is 0 Å². The standard InChI is InChI=1S/C29H30N2O5S/c1-6-35-28(32)24-17(3)30-18(4)25(29(33)36-7-2)26(24)21-13-8-9-14-22(21)27-31-23(16-37-27)19-11-10-12-20(15-19)34-5/h8-16,26,30H,6-7H2,1-5H3. The normalized spacial score (nSPS) is 13.9.